The molecular weight excluding hydrogens is 331 g/mol. The molecule has 104 valence electrons. The summed E-state index contributed by atoms with van der Waals surface area (Å²) in [5.74, 6) is -0.0132. The molecule has 2 aromatic rings. The third kappa shape index (κ3) is 3.12. The molecule has 2 rings (SSSR count). The van der Waals surface area contributed by atoms with Crippen molar-refractivity contribution in [2.24, 2.45) is 5.73 Å². The van der Waals surface area contributed by atoms with Gasteiger partial charge in [-0.2, -0.15) is 0 Å². The van der Waals surface area contributed by atoms with Gasteiger partial charge < -0.3 is 10.5 Å². The van der Waals surface area contributed by atoms with Crippen LogP contribution in [0.3, 0.4) is 0 Å². The van der Waals surface area contributed by atoms with Crippen LogP contribution in [0.1, 0.15) is 5.56 Å². The molecule has 0 aliphatic heterocycles. The van der Waals surface area contributed by atoms with Gasteiger partial charge in [0, 0.05) is 22.6 Å². The fourth-order valence-electron chi connectivity index (χ4n) is 1.67. The molecule has 0 spiro atoms. The Bertz CT molecular complexity index is 664. The number of nitro groups is 1. The van der Waals surface area contributed by atoms with Crippen molar-refractivity contribution in [2.75, 3.05) is 0 Å². The number of hydrogen-bond acceptors (Lipinski definition) is 4. The summed E-state index contributed by atoms with van der Waals surface area (Å²) >= 11 is 3.16. The Labute approximate surface area is 122 Å². The molecule has 2 N–H and O–H groups in total. The highest BCUT2D eigenvalue weighted by Crippen LogP contribution is 2.31. The lowest BCUT2D eigenvalue weighted by atomic mass is 10.2. The molecule has 0 bridgehead atoms. The number of benzene rings is 2. The number of rotatable bonds is 4. The Morgan fingerprint density at radius 1 is 1.35 bits per heavy atom. The zero-order valence-electron chi connectivity index (χ0n) is 10.2. The van der Waals surface area contributed by atoms with Crippen molar-refractivity contribution in [1.29, 1.82) is 0 Å². The van der Waals surface area contributed by atoms with Crippen molar-refractivity contribution in [3.8, 4) is 11.5 Å². The Hall–Kier alpha value is -1.99. The van der Waals surface area contributed by atoms with Crippen molar-refractivity contribution in [3.63, 3.8) is 0 Å². The lowest BCUT2D eigenvalue weighted by Crippen LogP contribution is -2.02. The van der Waals surface area contributed by atoms with Crippen LogP contribution in [-0.2, 0) is 6.54 Å². The first kappa shape index (κ1) is 14.4. The fraction of sp³-hybridized carbons (Fsp3) is 0.0769. The SMILES string of the molecule is NCc1c(F)cccc1Oc1cc(Br)cc([N+](=O)[O-])c1. The minimum atomic E-state index is -0.535. The number of nitrogens with zero attached hydrogens (tertiary/aromatic N) is 1. The second-order valence-corrected chi connectivity index (χ2v) is 4.84. The summed E-state index contributed by atoms with van der Waals surface area (Å²) < 4.78 is 19.6. The summed E-state index contributed by atoms with van der Waals surface area (Å²) in [5, 5.41) is 10.8. The van der Waals surface area contributed by atoms with Crippen molar-refractivity contribution in [1.82, 2.24) is 0 Å². The van der Waals surface area contributed by atoms with Crippen molar-refractivity contribution in [2.45, 2.75) is 6.54 Å². The number of nitrogens with two attached hydrogens (primary N) is 1. The topological polar surface area (TPSA) is 78.4 Å². The summed E-state index contributed by atoms with van der Waals surface area (Å²) in [5.41, 5.74) is 5.57. The van der Waals surface area contributed by atoms with Gasteiger partial charge in [-0.05, 0) is 18.2 Å². The smallest absolute Gasteiger partial charge is 0.274 e. The molecule has 0 heterocycles. The lowest BCUT2D eigenvalue weighted by Gasteiger charge is -2.10. The van der Waals surface area contributed by atoms with E-state index in [0.29, 0.717) is 4.47 Å². The average molecular weight is 341 g/mol. The van der Waals surface area contributed by atoms with Gasteiger partial charge in [-0.15, -0.1) is 0 Å². The van der Waals surface area contributed by atoms with Gasteiger partial charge in [-0.3, -0.25) is 10.1 Å². The molecule has 0 atom stereocenters. The molecule has 0 amide bonds. The molecular formula is C13H10BrFN2O3. The van der Waals surface area contributed by atoms with E-state index in [4.69, 9.17) is 10.5 Å². The molecule has 0 fully saturated rings. The van der Waals surface area contributed by atoms with Crippen LogP contribution in [0.15, 0.2) is 40.9 Å². The quantitative estimate of drug-likeness (QED) is 0.679. The van der Waals surface area contributed by atoms with Gasteiger partial charge in [0.15, 0.2) is 0 Å². The Morgan fingerprint density at radius 3 is 2.75 bits per heavy atom. The van der Waals surface area contributed by atoms with Crippen molar-refractivity contribution < 1.29 is 14.1 Å². The first-order valence-corrected chi connectivity index (χ1v) is 6.41. The first-order valence-electron chi connectivity index (χ1n) is 5.61. The third-order valence-corrected chi connectivity index (χ3v) is 3.03. The number of ether oxygens (including phenoxy) is 1. The van der Waals surface area contributed by atoms with Gasteiger partial charge >= 0.3 is 0 Å². The monoisotopic (exact) mass is 340 g/mol. The Balaban J connectivity index is 2.40. The van der Waals surface area contributed by atoms with Crippen molar-refractivity contribution in [3.05, 3.63) is 62.4 Å². The maximum atomic E-state index is 13.6. The van der Waals surface area contributed by atoms with Gasteiger partial charge in [-0.25, -0.2) is 4.39 Å². The van der Waals surface area contributed by atoms with E-state index in [1.165, 1.54) is 24.3 Å². The van der Waals surface area contributed by atoms with Gasteiger partial charge in [0.1, 0.15) is 17.3 Å². The van der Waals surface area contributed by atoms with Crippen LogP contribution in [0.4, 0.5) is 10.1 Å². The molecule has 0 radical (unpaired) electrons. The van der Waals surface area contributed by atoms with E-state index in [9.17, 15) is 14.5 Å². The maximum absolute atomic E-state index is 13.6. The minimum absolute atomic E-state index is 0.0297. The van der Waals surface area contributed by atoms with Gasteiger partial charge in [-0.1, -0.05) is 22.0 Å². The zero-order valence-corrected chi connectivity index (χ0v) is 11.8. The summed E-state index contributed by atoms with van der Waals surface area (Å²) in [4.78, 5) is 10.2. The lowest BCUT2D eigenvalue weighted by molar-refractivity contribution is -0.385. The predicted octanol–water partition coefficient (Wildman–Crippen LogP) is 3.75. The normalized spacial score (nSPS) is 10.3. The molecule has 5 nitrogen and oxygen atoms in total. The highest BCUT2D eigenvalue weighted by Gasteiger charge is 2.13. The summed E-state index contributed by atoms with van der Waals surface area (Å²) in [7, 11) is 0. The van der Waals surface area contributed by atoms with Crippen molar-refractivity contribution >= 4 is 21.6 Å². The zero-order chi connectivity index (χ0) is 14.7. The van der Waals surface area contributed by atoms with Gasteiger partial charge in [0.2, 0.25) is 0 Å². The fourth-order valence-corrected chi connectivity index (χ4v) is 2.13. The molecule has 7 heteroatoms. The second kappa shape index (κ2) is 5.98. The number of non-ortho nitro benzene ring substituents is 1. The van der Waals surface area contributed by atoms with Crippen LogP contribution in [-0.4, -0.2) is 4.92 Å². The average Bonchev–Trinajstić information content (AvgIpc) is 2.38. The van der Waals surface area contributed by atoms with E-state index in [0.717, 1.165) is 0 Å². The van der Waals surface area contributed by atoms with Crippen LogP contribution >= 0.6 is 15.9 Å². The second-order valence-electron chi connectivity index (χ2n) is 3.92. The van der Waals surface area contributed by atoms with Gasteiger partial charge in [0.25, 0.3) is 5.69 Å². The largest absolute Gasteiger partial charge is 0.457 e. The van der Waals surface area contributed by atoms with Crippen LogP contribution in [0.25, 0.3) is 0 Å². The first-order chi connectivity index (χ1) is 9.51. The molecule has 0 aliphatic rings. The van der Waals surface area contributed by atoms with Crippen LogP contribution in [0, 0.1) is 15.9 Å². The molecule has 20 heavy (non-hydrogen) atoms. The highest BCUT2D eigenvalue weighted by atomic mass is 79.9. The number of nitro benzene ring substituents is 1. The van der Waals surface area contributed by atoms with E-state index in [1.807, 2.05) is 0 Å². The van der Waals surface area contributed by atoms with Gasteiger partial charge in [0.05, 0.1) is 11.0 Å². The van der Waals surface area contributed by atoms with E-state index < -0.39 is 10.7 Å². The Morgan fingerprint density at radius 2 is 2.10 bits per heavy atom. The molecule has 0 saturated heterocycles. The molecule has 0 saturated carbocycles. The summed E-state index contributed by atoms with van der Waals surface area (Å²) in [6, 6.07) is 8.48. The van der Waals surface area contributed by atoms with Crippen LogP contribution < -0.4 is 10.5 Å². The number of halogens is 2. The molecule has 0 aliphatic carbocycles. The Kier molecular flexibility index (Phi) is 4.31. The summed E-state index contributed by atoms with van der Waals surface area (Å²) in [6.07, 6.45) is 0. The van der Waals surface area contributed by atoms with E-state index in [-0.39, 0.29) is 29.3 Å². The van der Waals surface area contributed by atoms with E-state index in [1.54, 1.807) is 12.1 Å². The predicted molar refractivity (Wildman–Crippen MR) is 75.2 cm³/mol. The van der Waals surface area contributed by atoms with Crippen LogP contribution in [0.5, 0.6) is 11.5 Å². The summed E-state index contributed by atoms with van der Waals surface area (Å²) in [6.45, 7) is -0.0297. The standard InChI is InChI=1S/C13H10BrFN2O3/c14-8-4-9(17(18)19)6-10(5-8)20-13-3-1-2-12(15)11(13)7-16/h1-6H,7,16H2. The number of hydrogen-bond donors (Lipinski definition) is 1. The minimum Gasteiger partial charge on any atom is -0.457 e. The molecule has 2 aromatic carbocycles. The van der Waals surface area contributed by atoms with Crippen LogP contribution in [0.2, 0.25) is 0 Å². The van der Waals surface area contributed by atoms with E-state index >= 15 is 0 Å². The molecule has 0 unspecified atom stereocenters. The third-order valence-electron chi connectivity index (χ3n) is 2.57. The van der Waals surface area contributed by atoms with E-state index in [2.05, 4.69) is 15.9 Å². The highest BCUT2D eigenvalue weighted by molar-refractivity contribution is 9.10. The maximum Gasteiger partial charge on any atom is 0.274 e. The molecule has 0 aromatic heterocycles.